The van der Waals surface area contributed by atoms with Gasteiger partial charge in [0.15, 0.2) is 6.10 Å². The SMILES string of the molecule is CC/C=C\C/C=C\C/C=C\C/C=C\C/C=C\C/C=C\CCC(=O)OC[C@@H](COC(=O)CCCCCCCCCCC)OC(=O)CCCCCCCCCCCCCCCCCCC. The number of hydrogen-bond acceptors (Lipinski definition) is 6. The van der Waals surface area contributed by atoms with E-state index in [-0.39, 0.29) is 37.5 Å². The molecule has 362 valence electrons. The molecule has 6 heteroatoms. The number of allylic oxidation sites excluding steroid dienone is 12. The van der Waals surface area contributed by atoms with Gasteiger partial charge in [-0.15, -0.1) is 0 Å². The maximum absolute atomic E-state index is 12.8. The molecular weight excluding hydrogens is 781 g/mol. The van der Waals surface area contributed by atoms with Crippen molar-refractivity contribution in [3.8, 4) is 0 Å². The highest BCUT2D eigenvalue weighted by Crippen LogP contribution is 2.16. The molecule has 0 saturated heterocycles. The van der Waals surface area contributed by atoms with E-state index in [0.29, 0.717) is 19.3 Å². The molecule has 0 aromatic heterocycles. The highest BCUT2D eigenvalue weighted by Gasteiger charge is 2.19. The number of ether oxygens (including phenoxy) is 3. The Bertz CT molecular complexity index is 1190. The number of carbonyl (C=O) groups is 3. The fourth-order valence-electron chi connectivity index (χ4n) is 7.29. The summed E-state index contributed by atoms with van der Waals surface area (Å²) in [5, 5.41) is 0. The van der Waals surface area contributed by atoms with Crippen LogP contribution in [-0.2, 0) is 28.6 Å². The van der Waals surface area contributed by atoms with Crippen LogP contribution in [0.25, 0.3) is 0 Å². The second-order valence-electron chi connectivity index (χ2n) is 17.4. The molecular formula is C57H98O6. The van der Waals surface area contributed by atoms with Crippen molar-refractivity contribution in [3.63, 3.8) is 0 Å². The zero-order chi connectivity index (χ0) is 45.8. The Labute approximate surface area is 389 Å². The molecule has 0 aliphatic heterocycles. The van der Waals surface area contributed by atoms with Crippen LogP contribution in [-0.4, -0.2) is 37.2 Å². The van der Waals surface area contributed by atoms with Crippen LogP contribution in [0.3, 0.4) is 0 Å². The average molecular weight is 879 g/mol. The molecule has 0 unspecified atom stereocenters. The summed E-state index contributed by atoms with van der Waals surface area (Å²) in [4.78, 5) is 37.9. The lowest BCUT2D eigenvalue weighted by Gasteiger charge is -2.18. The van der Waals surface area contributed by atoms with Crippen LogP contribution in [0.5, 0.6) is 0 Å². The van der Waals surface area contributed by atoms with Crippen molar-refractivity contribution in [1.82, 2.24) is 0 Å². The Morgan fingerprint density at radius 2 is 0.619 bits per heavy atom. The van der Waals surface area contributed by atoms with Gasteiger partial charge in [-0.2, -0.15) is 0 Å². The average Bonchev–Trinajstić information content (AvgIpc) is 3.28. The minimum atomic E-state index is -0.801. The third kappa shape index (κ3) is 49.7. The summed E-state index contributed by atoms with van der Waals surface area (Å²) >= 11 is 0. The van der Waals surface area contributed by atoms with E-state index in [1.807, 2.05) is 6.08 Å². The van der Waals surface area contributed by atoms with Crippen LogP contribution in [0.15, 0.2) is 72.9 Å². The van der Waals surface area contributed by atoms with Crippen molar-refractivity contribution >= 4 is 17.9 Å². The van der Waals surface area contributed by atoms with Crippen LogP contribution >= 0.6 is 0 Å². The van der Waals surface area contributed by atoms with Gasteiger partial charge in [0.1, 0.15) is 13.2 Å². The molecule has 0 aliphatic rings. The standard InChI is InChI=1S/C57H98O6/c1-4-7-10-13-16-19-21-23-25-27-28-30-31-33-35-38-41-44-47-50-56(59)62-53-54(52-61-55(58)49-46-43-40-37-18-15-12-9-6-3)63-57(60)51-48-45-42-39-36-34-32-29-26-24-22-20-17-14-11-8-5-2/h7,10,16,19,23,25,28,30,33,35,41,44,54H,4-6,8-9,11-15,17-18,20-22,24,26-27,29,31-32,34,36-40,42-43,45-53H2,1-3H3/b10-7-,19-16-,25-23-,30-28-,35-33-,44-41-/t54-/m1/s1. The summed E-state index contributed by atoms with van der Waals surface area (Å²) in [5.74, 6) is -0.981. The van der Waals surface area contributed by atoms with E-state index in [9.17, 15) is 14.4 Å². The Hall–Kier alpha value is -3.15. The fourth-order valence-corrected chi connectivity index (χ4v) is 7.29. The first-order valence-electron chi connectivity index (χ1n) is 26.4. The first kappa shape index (κ1) is 59.9. The molecule has 0 fully saturated rings. The van der Waals surface area contributed by atoms with Crippen molar-refractivity contribution in [1.29, 1.82) is 0 Å². The first-order valence-corrected chi connectivity index (χ1v) is 26.4. The molecule has 0 spiro atoms. The van der Waals surface area contributed by atoms with E-state index in [0.717, 1.165) is 77.0 Å². The van der Waals surface area contributed by atoms with Crippen LogP contribution in [0, 0.1) is 0 Å². The lowest BCUT2D eigenvalue weighted by Crippen LogP contribution is -2.30. The summed E-state index contributed by atoms with van der Waals surface area (Å²) in [5.41, 5.74) is 0. The molecule has 0 aromatic carbocycles. The van der Waals surface area contributed by atoms with Gasteiger partial charge in [-0.1, -0.05) is 248 Å². The van der Waals surface area contributed by atoms with Gasteiger partial charge in [0.2, 0.25) is 0 Å². The van der Waals surface area contributed by atoms with Crippen molar-refractivity contribution in [2.24, 2.45) is 0 Å². The van der Waals surface area contributed by atoms with E-state index in [1.165, 1.54) is 128 Å². The molecule has 6 nitrogen and oxygen atoms in total. The monoisotopic (exact) mass is 879 g/mol. The second-order valence-corrected chi connectivity index (χ2v) is 17.4. The van der Waals surface area contributed by atoms with E-state index < -0.39 is 6.10 Å². The topological polar surface area (TPSA) is 78.9 Å². The molecule has 0 heterocycles. The number of hydrogen-bond donors (Lipinski definition) is 0. The van der Waals surface area contributed by atoms with Gasteiger partial charge in [0, 0.05) is 19.3 Å². The molecule has 0 aliphatic carbocycles. The summed E-state index contributed by atoms with van der Waals surface area (Å²) in [7, 11) is 0. The molecule has 0 amide bonds. The number of rotatable bonds is 47. The summed E-state index contributed by atoms with van der Waals surface area (Å²) < 4.78 is 16.7. The highest BCUT2D eigenvalue weighted by atomic mass is 16.6. The summed E-state index contributed by atoms with van der Waals surface area (Å²) in [6, 6.07) is 0. The number of unbranched alkanes of at least 4 members (excludes halogenated alkanes) is 24. The van der Waals surface area contributed by atoms with Crippen molar-refractivity contribution in [2.45, 2.75) is 258 Å². The summed E-state index contributed by atoms with van der Waals surface area (Å²) in [6.45, 7) is 6.45. The molecule has 63 heavy (non-hydrogen) atoms. The first-order chi connectivity index (χ1) is 31.0. The van der Waals surface area contributed by atoms with E-state index in [2.05, 4.69) is 87.6 Å². The quantitative estimate of drug-likeness (QED) is 0.0262. The minimum absolute atomic E-state index is 0.0958. The van der Waals surface area contributed by atoms with Gasteiger partial charge in [-0.05, 0) is 57.8 Å². The Morgan fingerprint density at radius 3 is 0.968 bits per heavy atom. The van der Waals surface area contributed by atoms with Crippen LogP contribution < -0.4 is 0 Å². The molecule has 0 saturated carbocycles. The molecule has 0 aromatic rings. The van der Waals surface area contributed by atoms with Crippen molar-refractivity contribution < 1.29 is 28.6 Å². The van der Waals surface area contributed by atoms with Crippen molar-refractivity contribution in [2.75, 3.05) is 13.2 Å². The zero-order valence-corrected chi connectivity index (χ0v) is 41.3. The molecule has 0 bridgehead atoms. The Morgan fingerprint density at radius 1 is 0.333 bits per heavy atom. The lowest BCUT2D eigenvalue weighted by molar-refractivity contribution is -0.166. The lowest BCUT2D eigenvalue weighted by atomic mass is 10.0. The molecule has 0 radical (unpaired) electrons. The largest absolute Gasteiger partial charge is 0.462 e. The van der Waals surface area contributed by atoms with Gasteiger partial charge >= 0.3 is 17.9 Å². The number of carbonyl (C=O) groups excluding carboxylic acids is 3. The highest BCUT2D eigenvalue weighted by molar-refractivity contribution is 5.71. The summed E-state index contributed by atoms with van der Waals surface area (Å²) in [6.07, 6.45) is 64.8. The molecule has 0 rings (SSSR count). The van der Waals surface area contributed by atoms with E-state index >= 15 is 0 Å². The zero-order valence-electron chi connectivity index (χ0n) is 41.3. The van der Waals surface area contributed by atoms with Crippen LogP contribution in [0.4, 0.5) is 0 Å². The van der Waals surface area contributed by atoms with Gasteiger partial charge in [-0.3, -0.25) is 14.4 Å². The van der Waals surface area contributed by atoms with Gasteiger partial charge < -0.3 is 14.2 Å². The fraction of sp³-hybridized carbons (Fsp3) is 0.737. The Kier molecular flexibility index (Phi) is 48.9. The van der Waals surface area contributed by atoms with E-state index in [4.69, 9.17) is 14.2 Å². The second kappa shape index (κ2) is 51.5. The van der Waals surface area contributed by atoms with Gasteiger partial charge in [0.25, 0.3) is 0 Å². The van der Waals surface area contributed by atoms with E-state index in [1.54, 1.807) is 0 Å². The normalized spacial score (nSPS) is 12.6. The maximum atomic E-state index is 12.8. The van der Waals surface area contributed by atoms with Crippen LogP contribution in [0.2, 0.25) is 0 Å². The number of esters is 3. The van der Waals surface area contributed by atoms with Crippen LogP contribution in [0.1, 0.15) is 252 Å². The van der Waals surface area contributed by atoms with Gasteiger partial charge in [0.05, 0.1) is 0 Å². The smallest absolute Gasteiger partial charge is 0.306 e. The third-order valence-corrected chi connectivity index (χ3v) is 11.2. The third-order valence-electron chi connectivity index (χ3n) is 11.2. The molecule has 0 N–H and O–H groups in total. The minimum Gasteiger partial charge on any atom is -0.462 e. The molecule has 1 atom stereocenters. The predicted octanol–water partition coefficient (Wildman–Crippen LogP) is 17.4. The predicted molar refractivity (Wildman–Crippen MR) is 270 cm³/mol. The maximum Gasteiger partial charge on any atom is 0.306 e. The van der Waals surface area contributed by atoms with Crippen molar-refractivity contribution in [3.05, 3.63) is 72.9 Å². The Balaban J connectivity index is 4.41. The van der Waals surface area contributed by atoms with Gasteiger partial charge in [-0.25, -0.2) is 0 Å².